The van der Waals surface area contributed by atoms with E-state index in [9.17, 15) is 0 Å². The van der Waals surface area contributed by atoms with E-state index in [-0.39, 0.29) is 0 Å². The highest BCUT2D eigenvalue weighted by Gasteiger charge is 2.18. The molecule has 15 heavy (non-hydrogen) atoms. The highest BCUT2D eigenvalue weighted by Crippen LogP contribution is 2.28. The lowest BCUT2D eigenvalue weighted by atomic mass is 9.88. The van der Waals surface area contributed by atoms with Crippen LogP contribution in [0.1, 0.15) is 23.6 Å². The number of imidazole rings is 1. The van der Waals surface area contributed by atoms with E-state index in [0.29, 0.717) is 6.04 Å². The van der Waals surface area contributed by atoms with Crippen molar-refractivity contribution < 1.29 is 0 Å². The van der Waals surface area contributed by atoms with Crippen molar-refractivity contribution in [3.8, 4) is 0 Å². The maximum absolute atomic E-state index is 4.12. The van der Waals surface area contributed by atoms with Gasteiger partial charge < -0.3 is 4.57 Å². The lowest BCUT2D eigenvalue weighted by Gasteiger charge is -2.25. The molecule has 1 atom stereocenters. The maximum Gasteiger partial charge on any atom is 0.0948 e. The first kappa shape index (κ1) is 8.72. The third-order valence-electron chi connectivity index (χ3n) is 3.27. The number of rotatable bonds is 1. The third-order valence-corrected chi connectivity index (χ3v) is 3.27. The van der Waals surface area contributed by atoms with Crippen molar-refractivity contribution in [3.05, 3.63) is 54.1 Å². The van der Waals surface area contributed by atoms with Crippen LogP contribution in [-0.2, 0) is 12.8 Å². The minimum absolute atomic E-state index is 0.599. The summed E-state index contributed by atoms with van der Waals surface area (Å²) in [6.07, 6.45) is 9.43. The Kier molecular flexibility index (Phi) is 2.05. The molecular weight excluding hydrogens is 184 g/mol. The molecule has 0 N–H and O–H groups in total. The summed E-state index contributed by atoms with van der Waals surface area (Å²) in [5.41, 5.74) is 3.02. The van der Waals surface area contributed by atoms with Crippen molar-refractivity contribution in [1.29, 1.82) is 0 Å². The van der Waals surface area contributed by atoms with Crippen molar-refractivity contribution in [2.45, 2.75) is 25.3 Å². The Morgan fingerprint density at radius 2 is 2.07 bits per heavy atom. The van der Waals surface area contributed by atoms with Gasteiger partial charge in [0.25, 0.3) is 0 Å². The van der Waals surface area contributed by atoms with E-state index in [1.165, 1.54) is 24.0 Å². The molecule has 0 amide bonds. The second kappa shape index (κ2) is 3.54. The molecule has 0 spiro atoms. The molecule has 0 bridgehead atoms. The number of aromatic nitrogens is 2. The SMILES string of the molecule is c1ccc2c(c1)CCC(n1ccnc1)C2. The standard InChI is InChI=1S/C13H14N2/c1-2-4-12-9-13(6-5-11(12)3-1)15-8-7-14-10-15/h1-4,7-8,10,13H,5-6,9H2. The zero-order valence-electron chi connectivity index (χ0n) is 8.63. The van der Waals surface area contributed by atoms with Crippen LogP contribution in [0.4, 0.5) is 0 Å². The van der Waals surface area contributed by atoms with Crippen LogP contribution >= 0.6 is 0 Å². The maximum atomic E-state index is 4.12. The fourth-order valence-electron chi connectivity index (χ4n) is 2.42. The van der Waals surface area contributed by atoms with Gasteiger partial charge >= 0.3 is 0 Å². The van der Waals surface area contributed by atoms with Gasteiger partial charge in [-0.3, -0.25) is 0 Å². The molecule has 2 aromatic rings. The van der Waals surface area contributed by atoms with E-state index in [1.807, 2.05) is 12.5 Å². The molecule has 3 rings (SSSR count). The van der Waals surface area contributed by atoms with Gasteiger partial charge in [0, 0.05) is 18.4 Å². The molecule has 1 aliphatic rings. The van der Waals surface area contributed by atoms with E-state index < -0.39 is 0 Å². The minimum Gasteiger partial charge on any atom is -0.334 e. The summed E-state index contributed by atoms with van der Waals surface area (Å²) < 4.78 is 2.23. The Bertz CT molecular complexity index is 445. The summed E-state index contributed by atoms with van der Waals surface area (Å²) in [6, 6.07) is 9.37. The number of hydrogen-bond donors (Lipinski definition) is 0. The monoisotopic (exact) mass is 198 g/mol. The van der Waals surface area contributed by atoms with Gasteiger partial charge in [-0.2, -0.15) is 0 Å². The van der Waals surface area contributed by atoms with E-state index in [0.717, 1.165) is 6.42 Å². The normalized spacial score (nSPS) is 19.9. The van der Waals surface area contributed by atoms with Crippen LogP contribution in [-0.4, -0.2) is 9.55 Å². The minimum atomic E-state index is 0.599. The van der Waals surface area contributed by atoms with Crippen LogP contribution in [0, 0.1) is 0 Å². The molecule has 2 nitrogen and oxygen atoms in total. The summed E-state index contributed by atoms with van der Waals surface area (Å²) in [5, 5.41) is 0. The topological polar surface area (TPSA) is 17.8 Å². The average molecular weight is 198 g/mol. The van der Waals surface area contributed by atoms with Crippen molar-refractivity contribution in [2.75, 3.05) is 0 Å². The number of nitrogens with zero attached hydrogens (tertiary/aromatic N) is 2. The van der Waals surface area contributed by atoms with Gasteiger partial charge in [0.2, 0.25) is 0 Å². The number of fused-ring (bicyclic) bond motifs is 1. The predicted molar refractivity (Wildman–Crippen MR) is 59.7 cm³/mol. The summed E-state index contributed by atoms with van der Waals surface area (Å²) in [5.74, 6) is 0. The summed E-state index contributed by atoms with van der Waals surface area (Å²) in [7, 11) is 0. The van der Waals surface area contributed by atoms with Crippen LogP contribution in [0.5, 0.6) is 0 Å². The first-order chi connectivity index (χ1) is 7.43. The van der Waals surface area contributed by atoms with E-state index in [4.69, 9.17) is 0 Å². The summed E-state index contributed by atoms with van der Waals surface area (Å²) in [4.78, 5) is 4.12. The zero-order valence-corrected chi connectivity index (χ0v) is 8.63. The molecule has 1 aliphatic carbocycles. The van der Waals surface area contributed by atoms with E-state index in [1.54, 1.807) is 0 Å². The van der Waals surface area contributed by atoms with Gasteiger partial charge in [-0.1, -0.05) is 24.3 Å². The van der Waals surface area contributed by atoms with Gasteiger partial charge in [-0.25, -0.2) is 4.98 Å². The van der Waals surface area contributed by atoms with E-state index >= 15 is 0 Å². The zero-order chi connectivity index (χ0) is 10.1. The molecule has 1 aromatic carbocycles. The Morgan fingerprint density at radius 3 is 2.87 bits per heavy atom. The lowest BCUT2D eigenvalue weighted by Crippen LogP contribution is -2.17. The second-order valence-corrected chi connectivity index (χ2v) is 4.18. The van der Waals surface area contributed by atoms with Crippen molar-refractivity contribution in [1.82, 2.24) is 9.55 Å². The molecule has 0 saturated heterocycles. The van der Waals surface area contributed by atoms with Crippen LogP contribution in [0.15, 0.2) is 43.0 Å². The first-order valence-corrected chi connectivity index (χ1v) is 5.48. The molecule has 76 valence electrons. The molecule has 0 fully saturated rings. The molecule has 0 saturated carbocycles. The Balaban J connectivity index is 1.89. The fourth-order valence-corrected chi connectivity index (χ4v) is 2.42. The third kappa shape index (κ3) is 1.56. The summed E-state index contributed by atoms with van der Waals surface area (Å²) in [6.45, 7) is 0. The number of hydrogen-bond acceptors (Lipinski definition) is 1. The molecule has 0 aliphatic heterocycles. The fraction of sp³-hybridized carbons (Fsp3) is 0.308. The Hall–Kier alpha value is -1.57. The quantitative estimate of drug-likeness (QED) is 0.688. The first-order valence-electron chi connectivity index (χ1n) is 5.48. The van der Waals surface area contributed by atoms with Crippen molar-refractivity contribution in [3.63, 3.8) is 0 Å². The molecule has 1 heterocycles. The predicted octanol–water partition coefficient (Wildman–Crippen LogP) is 2.61. The van der Waals surface area contributed by atoms with Crippen LogP contribution in [0.3, 0.4) is 0 Å². The smallest absolute Gasteiger partial charge is 0.0948 e. The van der Waals surface area contributed by atoms with Gasteiger partial charge in [0.15, 0.2) is 0 Å². The van der Waals surface area contributed by atoms with Crippen molar-refractivity contribution >= 4 is 0 Å². The highest BCUT2D eigenvalue weighted by atomic mass is 15.0. The Labute approximate surface area is 89.6 Å². The molecule has 1 aromatic heterocycles. The molecular formula is C13H14N2. The number of benzene rings is 1. The highest BCUT2D eigenvalue weighted by molar-refractivity contribution is 5.30. The van der Waals surface area contributed by atoms with Gasteiger partial charge in [0.05, 0.1) is 6.33 Å². The van der Waals surface area contributed by atoms with Crippen LogP contribution < -0.4 is 0 Å². The van der Waals surface area contributed by atoms with Crippen LogP contribution in [0.2, 0.25) is 0 Å². The Morgan fingerprint density at radius 1 is 1.20 bits per heavy atom. The van der Waals surface area contributed by atoms with Gasteiger partial charge in [-0.15, -0.1) is 0 Å². The number of aryl methyl sites for hydroxylation is 1. The summed E-state index contributed by atoms with van der Waals surface area (Å²) >= 11 is 0. The lowest BCUT2D eigenvalue weighted by molar-refractivity contribution is 0.442. The molecule has 1 unspecified atom stereocenters. The van der Waals surface area contributed by atoms with Crippen LogP contribution in [0.25, 0.3) is 0 Å². The molecule has 2 heteroatoms. The average Bonchev–Trinajstić information content (AvgIpc) is 2.82. The molecule has 0 radical (unpaired) electrons. The largest absolute Gasteiger partial charge is 0.334 e. The second-order valence-electron chi connectivity index (χ2n) is 4.18. The van der Waals surface area contributed by atoms with E-state index in [2.05, 4.69) is 40.0 Å². The van der Waals surface area contributed by atoms with Gasteiger partial charge in [0.1, 0.15) is 0 Å². The van der Waals surface area contributed by atoms with Crippen molar-refractivity contribution in [2.24, 2.45) is 0 Å². The van der Waals surface area contributed by atoms with Gasteiger partial charge in [-0.05, 0) is 30.4 Å².